The van der Waals surface area contributed by atoms with Gasteiger partial charge in [-0.05, 0) is 78.4 Å². The van der Waals surface area contributed by atoms with Gasteiger partial charge in [0.25, 0.3) is 5.91 Å². The Morgan fingerprint density at radius 1 is 1.00 bits per heavy atom. The van der Waals surface area contributed by atoms with Crippen LogP contribution in [0.3, 0.4) is 0 Å². The topological polar surface area (TPSA) is 80.8 Å². The zero-order valence-corrected chi connectivity index (χ0v) is 18.8. The molecule has 168 valence electrons. The van der Waals surface area contributed by atoms with Crippen LogP contribution in [-0.4, -0.2) is 42.6 Å². The second kappa shape index (κ2) is 7.92. The number of fused-ring (bicyclic) bond motifs is 1. The number of aromatic nitrogens is 1. The highest BCUT2D eigenvalue weighted by Crippen LogP contribution is 2.51. The van der Waals surface area contributed by atoms with Crippen LogP contribution in [0, 0.1) is 6.92 Å². The van der Waals surface area contributed by atoms with Gasteiger partial charge in [0.15, 0.2) is 11.5 Å². The number of nitrogens with one attached hydrogen (secondary N) is 1. The molecule has 1 aliphatic carbocycles. The van der Waals surface area contributed by atoms with Crippen LogP contribution in [0.5, 0.6) is 11.5 Å². The van der Waals surface area contributed by atoms with Crippen molar-refractivity contribution in [3.63, 3.8) is 0 Å². The molecule has 1 aromatic heterocycles. The number of carbonyl (C=O) groups is 2. The molecule has 1 saturated carbocycles. The first-order chi connectivity index (χ1) is 15.9. The SMILES string of the molecule is Cc1ccc(NC(=O)C2(c3ccc4c(c3)OCO4)CC2)cc1-c1ccnc(C(=O)N(C)C)c1. The summed E-state index contributed by atoms with van der Waals surface area (Å²) in [6, 6.07) is 15.2. The Balaban J connectivity index is 1.41. The van der Waals surface area contributed by atoms with E-state index in [4.69, 9.17) is 9.47 Å². The molecule has 0 saturated heterocycles. The standard InChI is InChI=1S/C26H25N3O4/c1-16-4-6-19(14-20(16)17-8-11-27-21(12-17)24(30)29(2)3)28-25(31)26(9-10-26)18-5-7-22-23(13-18)33-15-32-22/h4-8,11-14H,9-10,15H2,1-3H3,(H,28,31). The summed E-state index contributed by atoms with van der Waals surface area (Å²) in [5.41, 5.74) is 4.35. The molecule has 2 aliphatic rings. The smallest absolute Gasteiger partial charge is 0.271 e. The largest absolute Gasteiger partial charge is 0.454 e. The molecule has 7 heteroatoms. The third-order valence-corrected chi connectivity index (χ3v) is 6.30. The van der Waals surface area contributed by atoms with Gasteiger partial charge in [-0.25, -0.2) is 0 Å². The number of benzene rings is 2. The fourth-order valence-electron chi connectivity index (χ4n) is 4.17. The van der Waals surface area contributed by atoms with Crippen molar-refractivity contribution in [3.8, 4) is 22.6 Å². The summed E-state index contributed by atoms with van der Waals surface area (Å²) in [6.07, 6.45) is 3.21. The molecule has 0 spiro atoms. The molecule has 2 aromatic carbocycles. The Morgan fingerprint density at radius 3 is 2.55 bits per heavy atom. The molecular formula is C26H25N3O4. The molecule has 33 heavy (non-hydrogen) atoms. The van der Waals surface area contributed by atoms with E-state index in [-0.39, 0.29) is 18.6 Å². The first-order valence-electron chi connectivity index (χ1n) is 10.9. The molecule has 0 radical (unpaired) electrons. The molecule has 7 nitrogen and oxygen atoms in total. The Labute approximate surface area is 192 Å². The Kier molecular flexibility index (Phi) is 5.04. The number of pyridine rings is 1. The molecule has 0 unspecified atom stereocenters. The van der Waals surface area contributed by atoms with Crippen LogP contribution >= 0.6 is 0 Å². The third kappa shape index (κ3) is 3.80. The molecule has 1 aliphatic heterocycles. The van der Waals surface area contributed by atoms with E-state index in [1.54, 1.807) is 26.4 Å². The lowest BCUT2D eigenvalue weighted by Crippen LogP contribution is -2.27. The monoisotopic (exact) mass is 443 g/mol. The molecule has 3 aromatic rings. The minimum Gasteiger partial charge on any atom is -0.454 e. The summed E-state index contributed by atoms with van der Waals surface area (Å²) in [5, 5.41) is 3.10. The van der Waals surface area contributed by atoms with Gasteiger partial charge in [0, 0.05) is 26.0 Å². The number of aryl methyl sites for hydroxylation is 1. The van der Waals surface area contributed by atoms with Crippen molar-refractivity contribution in [3.05, 3.63) is 71.5 Å². The normalized spacial score (nSPS) is 15.1. The third-order valence-electron chi connectivity index (χ3n) is 6.30. The van der Waals surface area contributed by atoms with Gasteiger partial charge in [0.05, 0.1) is 5.41 Å². The maximum atomic E-state index is 13.3. The fraction of sp³-hybridized carbons (Fsp3) is 0.269. The van der Waals surface area contributed by atoms with Crippen molar-refractivity contribution < 1.29 is 19.1 Å². The highest BCUT2D eigenvalue weighted by atomic mass is 16.7. The molecule has 0 atom stereocenters. The number of anilines is 1. The molecule has 2 heterocycles. The molecule has 5 rings (SSSR count). The molecule has 2 amide bonds. The first kappa shape index (κ1) is 21.0. The van der Waals surface area contributed by atoms with Gasteiger partial charge in [0.2, 0.25) is 12.7 Å². The summed E-state index contributed by atoms with van der Waals surface area (Å²) in [6.45, 7) is 2.21. The van der Waals surface area contributed by atoms with Crippen molar-refractivity contribution in [2.75, 3.05) is 26.2 Å². The van der Waals surface area contributed by atoms with Gasteiger partial charge in [-0.15, -0.1) is 0 Å². The van der Waals surface area contributed by atoms with Crippen molar-refractivity contribution in [2.45, 2.75) is 25.2 Å². The maximum absolute atomic E-state index is 13.3. The van der Waals surface area contributed by atoms with Crippen LogP contribution in [0.1, 0.15) is 34.5 Å². The lowest BCUT2D eigenvalue weighted by molar-refractivity contribution is -0.118. The lowest BCUT2D eigenvalue weighted by atomic mass is 9.94. The van der Waals surface area contributed by atoms with Crippen molar-refractivity contribution in [2.24, 2.45) is 0 Å². The highest BCUT2D eigenvalue weighted by Gasteiger charge is 2.51. The summed E-state index contributed by atoms with van der Waals surface area (Å²) in [5.74, 6) is 1.21. The van der Waals surface area contributed by atoms with Gasteiger partial charge in [-0.3, -0.25) is 14.6 Å². The van der Waals surface area contributed by atoms with Crippen LogP contribution in [-0.2, 0) is 10.2 Å². The molecule has 1 fully saturated rings. The van der Waals surface area contributed by atoms with Crippen LogP contribution in [0.4, 0.5) is 5.69 Å². The van der Waals surface area contributed by atoms with E-state index < -0.39 is 5.41 Å². The van der Waals surface area contributed by atoms with E-state index in [1.807, 2.05) is 49.4 Å². The summed E-state index contributed by atoms with van der Waals surface area (Å²) in [7, 11) is 3.40. The quantitative estimate of drug-likeness (QED) is 0.641. The van der Waals surface area contributed by atoms with Gasteiger partial charge in [-0.2, -0.15) is 0 Å². The van der Waals surface area contributed by atoms with Crippen LogP contribution in [0.25, 0.3) is 11.1 Å². The fourth-order valence-corrected chi connectivity index (χ4v) is 4.17. The highest BCUT2D eigenvalue weighted by molar-refractivity contribution is 6.02. The molecule has 0 bridgehead atoms. The molecular weight excluding hydrogens is 418 g/mol. The van der Waals surface area contributed by atoms with Crippen molar-refractivity contribution in [1.29, 1.82) is 0 Å². The van der Waals surface area contributed by atoms with Gasteiger partial charge in [-0.1, -0.05) is 12.1 Å². The summed E-state index contributed by atoms with van der Waals surface area (Å²) < 4.78 is 10.9. The first-order valence-corrected chi connectivity index (χ1v) is 10.9. The van der Waals surface area contributed by atoms with Crippen LogP contribution < -0.4 is 14.8 Å². The predicted molar refractivity (Wildman–Crippen MR) is 125 cm³/mol. The van der Waals surface area contributed by atoms with E-state index in [9.17, 15) is 9.59 Å². The number of amides is 2. The summed E-state index contributed by atoms with van der Waals surface area (Å²) >= 11 is 0. The van der Waals surface area contributed by atoms with E-state index in [1.165, 1.54) is 4.90 Å². The Bertz CT molecular complexity index is 1260. The maximum Gasteiger partial charge on any atom is 0.271 e. The lowest BCUT2D eigenvalue weighted by Gasteiger charge is -2.17. The van der Waals surface area contributed by atoms with Crippen molar-refractivity contribution >= 4 is 17.5 Å². The summed E-state index contributed by atoms with van der Waals surface area (Å²) in [4.78, 5) is 31.3. The minimum absolute atomic E-state index is 0.0330. The van der Waals surface area contributed by atoms with E-state index in [0.29, 0.717) is 22.9 Å². The average molecular weight is 444 g/mol. The number of hydrogen-bond acceptors (Lipinski definition) is 5. The Hall–Kier alpha value is -3.87. The number of rotatable bonds is 5. The zero-order chi connectivity index (χ0) is 23.2. The van der Waals surface area contributed by atoms with Crippen LogP contribution in [0.2, 0.25) is 0 Å². The van der Waals surface area contributed by atoms with E-state index >= 15 is 0 Å². The predicted octanol–water partition coefficient (Wildman–Crippen LogP) is 4.16. The average Bonchev–Trinajstić information content (AvgIpc) is 3.50. The van der Waals surface area contributed by atoms with Gasteiger partial charge in [0.1, 0.15) is 5.69 Å². The second-order valence-electron chi connectivity index (χ2n) is 8.76. The Morgan fingerprint density at radius 2 is 1.79 bits per heavy atom. The zero-order valence-electron chi connectivity index (χ0n) is 18.8. The molecule has 1 N–H and O–H groups in total. The number of carbonyl (C=O) groups excluding carboxylic acids is 2. The number of hydrogen-bond donors (Lipinski definition) is 1. The number of nitrogens with zero attached hydrogens (tertiary/aromatic N) is 2. The second-order valence-corrected chi connectivity index (χ2v) is 8.76. The van der Waals surface area contributed by atoms with E-state index in [0.717, 1.165) is 35.1 Å². The van der Waals surface area contributed by atoms with Gasteiger partial charge < -0.3 is 19.7 Å². The van der Waals surface area contributed by atoms with E-state index in [2.05, 4.69) is 10.3 Å². The minimum atomic E-state index is -0.548. The van der Waals surface area contributed by atoms with Crippen molar-refractivity contribution in [1.82, 2.24) is 9.88 Å². The van der Waals surface area contributed by atoms with Gasteiger partial charge >= 0.3 is 0 Å². The number of ether oxygens (including phenoxy) is 2. The van der Waals surface area contributed by atoms with Crippen LogP contribution in [0.15, 0.2) is 54.7 Å².